The van der Waals surface area contributed by atoms with E-state index >= 15 is 0 Å². The van der Waals surface area contributed by atoms with Crippen molar-refractivity contribution in [3.63, 3.8) is 0 Å². The van der Waals surface area contributed by atoms with Crippen molar-refractivity contribution < 1.29 is 14.2 Å². The number of ether oxygens (including phenoxy) is 3. The van der Waals surface area contributed by atoms with Gasteiger partial charge < -0.3 is 24.8 Å². The van der Waals surface area contributed by atoms with E-state index < -0.39 is 0 Å². The normalized spacial score (nSPS) is 12.3. The Morgan fingerprint density at radius 3 is 2.74 bits per heavy atom. The lowest BCUT2D eigenvalue weighted by Crippen LogP contribution is -2.37. The Bertz CT molecular complexity index is 768. The van der Waals surface area contributed by atoms with Gasteiger partial charge in [-0.15, -0.1) is 24.0 Å². The number of hydrogen-bond donors (Lipinski definition) is 2. The summed E-state index contributed by atoms with van der Waals surface area (Å²) in [7, 11) is 1.77. The molecular formula is C20H26IN3O3. The first-order chi connectivity index (χ1) is 12.8. The van der Waals surface area contributed by atoms with Gasteiger partial charge in [0.15, 0.2) is 17.5 Å². The summed E-state index contributed by atoms with van der Waals surface area (Å²) in [5, 5.41) is 6.65. The molecule has 2 aromatic rings. The van der Waals surface area contributed by atoms with E-state index in [0.717, 1.165) is 41.7 Å². The first-order valence-electron chi connectivity index (χ1n) is 8.83. The predicted octanol–water partition coefficient (Wildman–Crippen LogP) is 3.34. The van der Waals surface area contributed by atoms with Crippen molar-refractivity contribution in [2.45, 2.75) is 19.9 Å². The molecule has 0 saturated carbocycles. The van der Waals surface area contributed by atoms with Gasteiger partial charge in [-0.1, -0.05) is 18.2 Å². The molecule has 6 nitrogen and oxygen atoms in total. The smallest absolute Gasteiger partial charge is 0.231 e. The minimum Gasteiger partial charge on any atom is -0.494 e. The van der Waals surface area contributed by atoms with E-state index in [1.807, 2.05) is 37.3 Å². The van der Waals surface area contributed by atoms with E-state index in [-0.39, 0.29) is 24.0 Å². The first kappa shape index (κ1) is 21.1. The van der Waals surface area contributed by atoms with E-state index in [9.17, 15) is 0 Å². The Hall–Kier alpha value is -2.16. The van der Waals surface area contributed by atoms with Crippen LogP contribution in [0.15, 0.2) is 47.5 Å². The summed E-state index contributed by atoms with van der Waals surface area (Å²) < 4.78 is 16.3. The highest BCUT2D eigenvalue weighted by Gasteiger charge is 2.12. The molecule has 7 heteroatoms. The van der Waals surface area contributed by atoms with E-state index in [1.54, 1.807) is 7.05 Å². The predicted molar refractivity (Wildman–Crippen MR) is 117 cm³/mol. The zero-order valence-electron chi connectivity index (χ0n) is 15.7. The average Bonchev–Trinajstić information content (AvgIpc) is 3.13. The van der Waals surface area contributed by atoms with Crippen LogP contribution in [0.3, 0.4) is 0 Å². The molecular weight excluding hydrogens is 457 g/mol. The summed E-state index contributed by atoms with van der Waals surface area (Å²) in [5.41, 5.74) is 2.34. The van der Waals surface area contributed by atoms with Crippen LogP contribution in [0.4, 0.5) is 0 Å². The van der Waals surface area contributed by atoms with Gasteiger partial charge in [-0.25, -0.2) is 0 Å². The number of nitrogens with zero attached hydrogens (tertiary/aromatic N) is 1. The van der Waals surface area contributed by atoms with Crippen LogP contribution in [0.2, 0.25) is 0 Å². The summed E-state index contributed by atoms with van der Waals surface area (Å²) >= 11 is 0. The van der Waals surface area contributed by atoms with Crippen molar-refractivity contribution in [2.24, 2.45) is 4.99 Å². The van der Waals surface area contributed by atoms with Crippen molar-refractivity contribution in [1.82, 2.24) is 10.6 Å². The van der Waals surface area contributed by atoms with Gasteiger partial charge in [0.25, 0.3) is 0 Å². The summed E-state index contributed by atoms with van der Waals surface area (Å²) in [6, 6.07) is 14.1. The molecule has 146 valence electrons. The molecule has 1 heterocycles. The minimum atomic E-state index is 0. The highest BCUT2D eigenvalue weighted by molar-refractivity contribution is 14.0. The molecule has 1 aliphatic rings. The Morgan fingerprint density at radius 2 is 1.93 bits per heavy atom. The highest BCUT2D eigenvalue weighted by Crippen LogP contribution is 2.32. The van der Waals surface area contributed by atoms with E-state index in [4.69, 9.17) is 14.2 Å². The molecule has 0 bridgehead atoms. The molecule has 0 fully saturated rings. The number of nitrogens with one attached hydrogen (secondary N) is 2. The van der Waals surface area contributed by atoms with Crippen LogP contribution >= 0.6 is 24.0 Å². The van der Waals surface area contributed by atoms with Crippen LogP contribution in [0.5, 0.6) is 17.2 Å². The highest BCUT2D eigenvalue weighted by atomic mass is 127. The van der Waals surface area contributed by atoms with Crippen molar-refractivity contribution in [3.05, 3.63) is 53.6 Å². The van der Waals surface area contributed by atoms with Crippen molar-refractivity contribution in [2.75, 3.05) is 27.0 Å². The van der Waals surface area contributed by atoms with E-state index in [1.165, 1.54) is 5.56 Å². The van der Waals surface area contributed by atoms with Crippen LogP contribution in [-0.4, -0.2) is 33.0 Å². The second-order valence-corrected chi connectivity index (χ2v) is 5.87. The van der Waals surface area contributed by atoms with Gasteiger partial charge in [0.1, 0.15) is 5.75 Å². The molecule has 0 spiro atoms. The molecule has 0 amide bonds. The van der Waals surface area contributed by atoms with Crippen LogP contribution in [0.1, 0.15) is 18.1 Å². The van der Waals surface area contributed by atoms with E-state index in [2.05, 4.69) is 27.8 Å². The molecule has 1 aliphatic heterocycles. The fourth-order valence-corrected chi connectivity index (χ4v) is 2.74. The van der Waals surface area contributed by atoms with Crippen LogP contribution in [0.25, 0.3) is 0 Å². The van der Waals surface area contributed by atoms with Gasteiger partial charge >= 0.3 is 0 Å². The second-order valence-electron chi connectivity index (χ2n) is 5.87. The Morgan fingerprint density at radius 1 is 1.07 bits per heavy atom. The van der Waals surface area contributed by atoms with Crippen molar-refractivity contribution >= 4 is 29.9 Å². The van der Waals surface area contributed by atoms with E-state index in [0.29, 0.717) is 19.9 Å². The molecule has 0 aliphatic carbocycles. The van der Waals surface area contributed by atoms with Crippen molar-refractivity contribution in [1.29, 1.82) is 0 Å². The molecule has 0 saturated heterocycles. The van der Waals surface area contributed by atoms with Crippen LogP contribution in [-0.2, 0) is 13.0 Å². The topological polar surface area (TPSA) is 64.1 Å². The number of fused-ring (bicyclic) bond motifs is 1. The molecule has 3 rings (SSSR count). The van der Waals surface area contributed by atoms with Gasteiger partial charge in [0, 0.05) is 20.1 Å². The third-order valence-corrected chi connectivity index (χ3v) is 4.04. The SMILES string of the molecule is CCOc1cccc(CNC(=NC)NCCc2ccc3c(c2)OCO3)c1.I. The molecule has 0 aromatic heterocycles. The fraction of sp³-hybridized carbons (Fsp3) is 0.350. The number of rotatable bonds is 7. The molecule has 0 unspecified atom stereocenters. The quantitative estimate of drug-likeness (QED) is 0.360. The Balaban J connectivity index is 0.00000261. The van der Waals surface area contributed by atoms with Gasteiger partial charge in [0.05, 0.1) is 6.61 Å². The Labute approximate surface area is 177 Å². The summed E-state index contributed by atoms with van der Waals surface area (Å²) in [6.45, 7) is 4.41. The van der Waals surface area contributed by atoms with Crippen LogP contribution < -0.4 is 24.8 Å². The third-order valence-electron chi connectivity index (χ3n) is 4.04. The lowest BCUT2D eigenvalue weighted by atomic mass is 10.1. The summed E-state index contributed by atoms with van der Waals surface area (Å²) in [4.78, 5) is 4.27. The zero-order valence-corrected chi connectivity index (χ0v) is 18.0. The first-order valence-corrected chi connectivity index (χ1v) is 8.83. The largest absolute Gasteiger partial charge is 0.494 e. The molecule has 0 radical (unpaired) electrons. The maximum Gasteiger partial charge on any atom is 0.231 e. The van der Waals surface area contributed by atoms with Gasteiger partial charge in [-0.2, -0.15) is 0 Å². The second kappa shape index (κ2) is 10.9. The fourth-order valence-electron chi connectivity index (χ4n) is 2.74. The van der Waals surface area contributed by atoms with Crippen LogP contribution in [0, 0.1) is 0 Å². The molecule has 2 N–H and O–H groups in total. The third kappa shape index (κ3) is 6.20. The van der Waals surface area contributed by atoms with Gasteiger partial charge in [-0.05, 0) is 48.7 Å². The van der Waals surface area contributed by atoms with Gasteiger partial charge in [0.2, 0.25) is 6.79 Å². The number of aliphatic imine (C=N–C) groups is 1. The minimum absolute atomic E-state index is 0. The lowest BCUT2D eigenvalue weighted by Gasteiger charge is -2.13. The molecule has 0 atom stereocenters. The number of guanidine groups is 1. The summed E-state index contributed by atoms with van der Waals surface area (Å²) in [5.74, 6) is 3.29. The molecule has 2 aromatic carbocycles. The lowest BCUT2D eigenvalue weighted by molar-refractivity contribution is 0.174. The average molecular weight is 483 g/mol. The zero-order chi connectivity index (χ0) is 18.2. The number of hydrogen-bond acceptors (Lipinski definition) is 4. The monoisotopic (exact) mass is 483 g/mol. The maximum absolute atomic E-state index is 5.53. The van der Waals surface area contributed by atoms with Gasteiger partial charge in [-0.3, -0.25) is 4.99 Å². The number of benzene rings is 2. The standard InChI is InChI=1S/C20H25N3O3.HI/c1-3-24-17-6-4-5-16(11-17)13-23-20(21-2)22-10-9-15-7-8-18-19(12-15)26-14-25-18;/h4-8,11-12H,3,9-10,13-14H2,1-2H3,(H2,21,22,23);1H. The Kier molecular flexibility index (Phi) is 8.50. The summed E-state index contributed by atoms with van der Waals surface area (Å²) in [6.07, 6.45) is 0.872. The van der Waals surface area contributed by atoms with Crippen molar-refractivity contribution in [3.8, 4) is 17.2 Å². The molecule has 27 heavy (non-hydrogen) atoms. The maximum atomic E-state index is 5.53. The number of halogens is 1.